The molecule has 1 aromatic heterocycles. The molecule has 7 nitrogen and oxygen atoms in total. The van der Waals surface area contributed by atoms with Gasteiger partial charge in [-0.2, -0.15) is 0 Å². The van der Waals surface area contributed by atoms with Gasteiger partial charge in [-0.15, -0.1) is 0 Å². The van der Waals surface area contributed by atoms with Crippen molar-refractivity contribution in [2.24, 2.45) is 17.8 Å². The fourth-order valence-corrected chi connectivity index (χ4v) is 7.03. The van der Waals surface area contributed by atoms with Gasteiger partial charge in [0.25, 0.3) is 0 Å². The zero-order valence-electron chi connectivity index (χ0n) is 18.3. The molecule has 1 aromatic carbocycles. The number of carboxylic acid groups (broad SMARTS) is 1. The average molecular weight is 440 g/mol. The predicted molar refractivity (Wildman–Crippen MR) is 116 cm³/mol. The van der Waals surface area contributed by atoms with Crippen molar-refractivity contribution < 1.29 is 28.9 Å². The van der Waals surface area contributed by atoms with Crippen LogP contribution in [0.15, 0.2) is 27.6 Å². The summed E-state index contributed by atoms with van der Waals surface area (Å²) in [6.45, 7) is 0. The summed E-state index contributed by atoms with van der Waals surface area (Å²) in [7, 11) is 3.03. The summed E-state index contributed by atoms with van der Waals surface area (Å²) in [6.07, 6.45) is 8.08. The zero-order chi connectivity index (χ0) is 22.6. The minimum atomic E-state index is -1.07. The molecule has 4 aliphatic rings. The van der Waals surface area contributed by atoms with Crippen LogP contribution in [-0.2, 0) is 11.8 Å². The molecule has 0 radical (unpaired) electrons. The number of aromatic carboxylic acids is 1. The summed E-state index contributed by atoms with van der Waals surface area (Å²) < 4.78 is 16.9. The third kappa shape index (κ3) is 3.26. The van der Waals surface area contributed by atoms with E-state index in [0.29, 0.717) is 34.8 Å². The quantitative estimate of drug-likeness (QED) is 0.696. The smallest absolute Gasteiger partial charge is 0.339 e. The van der Waals surface area contributed by atoms with Crippen LogP contribution in [-0.4, -0.2) is 30.4 Å². The molecule has 4 saturated carbocycles. The number of carbonyl (C=O) groups is 1. The Morgan fingerprint density at radius 1 is 1.06 bits per heavy atom. The van der Waals surface area contributed by atoms with Gasteiger partial charge in [-0.3, -0.25) is 4.79 Å². The van der Waals surface area contributed by atoms with Crippen molar-refractivity contribution in [1.29, 1.82) is 0 Å². The largest absolute Gasteiger partial charge is 0.502 e. The van der Waals surface area contributed by atoms with Gasteiger partial charge in [-0.05, 0) is 67.8 Å². The molecule has 1 heterocycles. The minimum absolute atomic E-state index is 0.0928. The fourth-order valence-electron chi connectivity index (χ4n) is 7.03. The van der Waals surface area contributed by atoms with Gasteiger partial charge in [0.2, 0.25) is 5.43 Å². The molecule has 0 saturated heterocycles. The standard InChI is InChI=1S/C25H28O7/c1-30-22-17(6-16-7-20(26)21(27)12-32-16)23(31-2)19(8-18(22)24(28)29)25-9-13-3-14(10-25)5-15(4-13)11-25/h7-8,12-15,27H,3-6,9-11H2,1-2H3,(H,28,29). The van der Waals surface area contributed by atoms with Crippen LogP contribution >= 0.6 is 0 Å². The molecule has 2 aromatic rings. The van der Waals surface area contributed by atoms with Crippen LogP contribution in [0.3, 0.4) is 0 Å². The first-order chi connectivity index (χ1) is 15.3. The van der Waals surface area contributed by atoms with Crippen molar-refractivity contribution in [2.75, 3.05) is 14.2 Å². The van der Waals surface area contributed by atoms with E-state index < -0.39 is 17.1 Å². The van der Waals surface area contributed by atoms with Gasteiger partial charge in [0, 0.05) is 23.6 Å². The molecule has 170 valence electrons. The third-order valence-electron chi connectivity index (χ3n) is 7.79. The Balaban J connectivity index is 1.70. The first-order valence-electron chi connectivity index (χ1n) is 11.2. The average Bonchev–Trinajstić information content (AvgIpc) is 2.74. The van der Waals surface area contributed by atoms with E-state index in [4.69, 9.17) is 13.9 Å². The Morgan fingerprint density at radius 3 is 2.16 bits per heavy atom. The Bertz CT molecular complexity index is 1090. The maximum Gasteiger partial charge on any atom is 0.339 e. The lowest BCUT2D eigenvalue weighted by Gasteiger charge is -2.57. The van der Waals surface area contributed by atoms with Crippen LogP contribution < -0.4 is 14.9 Å². The van der Waals surface area contributed by atoms with Crippen molar-refractivity contribution in [3.05, 3.63) is 51.1 Å². The predicted octanol–water partition coefficient (Wildman–Crippen LogP) is 4.12. The summed E-state index contributed by atoms with van der Waals surface area (Å²) in [4.78, 5) is 24.2. The molecule has 4 bridgehead atoms. The lowest BCUT2D eigenvalue weighted by molar-refractivity contribution is -0.00626. The second-order valence-corrected chi connectivity index (χ2v) is 9.79. The monoisotopic (exact) mass is 440 g/mol. The van der Waals surface area contributed by atoms with Crippen LogP contribution in [0.25, 0.3) is 0 Å². The number of hydrogen-bond donors (Lipinski definition) is 2. The Labute approximate surface area is 186 Å². The lowest BCUT2D eigenvalue weighted by Crippen LogP contribution is -2.48. The minimum Gasteiger partial charge on any atom is -0.502 e. The van der Waals surface area contributed by atoms with Gasteiger partial charge in [0.1, 0.15) is 29.1 Å². The van der Waals surface area contributed by atoms with Crippen LogP contribution in [0.5, 0.6) is 17.2 Å². The molecule has 32 heavy (non-hydrogen) atoms. The van der Waals surface area contributed by atoms with Crippen molar-refractivity contribution in [1.82, 2.24) is 0 Å². The summed E-state index contributed by atoms with van der Waals surface area (Å²) in [5.41, 5.74) is 0.930. The van der Waals surface area contributed by atoms with Gasteiger partial charge >= 0.3 is 5.97 Å². The Kier molecular flexibility index (Phi) is 4.95. The van der Waals surface area contributed by atoms with Crippen molar-refractivity contribution in [2.45, 2.75) is 50.4 Å². The normalized spacial score (nSPS) is 28.0. The number of ether oxygens (including phenoxy) is 2. The number of aromatic hydroxyl groups is 1. The van der Waals surface area contributed by atoms with E-state index >= 15 is 0 Å². The molecular weight excluding hydrogens is 412 g/mol. The number of rotatable bonds is 6. The van der Waals surface area contributed by atoms with E-state index in [-0.39, 0.29) is 23.1 Å². The van der Waals surface area contributed by atoms with Crippen LogP contribution in [0.4, 0.5) is 0 Å². The van der Waals surface area contributed by atoms with Crippen molar-refractivity contribution in [3.63, 3.8) is 0 Å². The van der Waals surface area contributed by atoms with Gasteiger partial charge in [-0.25, -0.2) is 4.79 Å². The summed E-state index contributed by atoms with van der Waals surface area (Å²) in [5, 5.41) is 19.5. The number of benzene rings is 1. The lowest BCUT2D eigenvalue weighted by atomic mass is 9.48. The molecular formula is C25H28O7. The first kappa shape index (κ1) is 20.9. The molecule has 0 atom stereocenters. The maximum atomic E-state index is 12.2. The molecule has 0 amide bonds. The topological polar surface area (TPSA) is 106 Å². The maximum absolute atomic E-state index is 12.2. The van der Waals surface area contributed by atoms with E-state index in [0.717, 1.165) is 31.1 Å². The van der Waals surface area contributed by atoms with Crippen LogP contribution in [0.2, 0.25) is 0 Å². The Morgan fingerprint density at radius 2 is 1.66 bits per heavy atom. The molecule has 6 rings (SSSR count). The first-order valence-corrected chi connectivity index (χ1v) is 11.2. The van der Waals surface area contributed by atoms with Gasteiger partial charge in [-0.1, -0.05) is 0 Å². The van der Waals surface area contributed by atoms with Crippen molar-refractivity contribution >= 4 is 5.97 Å². The van der Waals surface area contributed by atoms with Gasteiger partial charge in [0.05, 0.1) is 14.2 Å². The highest BCUT2D eigenvalue weighted by molar-refractivity contribution is 5.92. The number of methoxy groups -OCH3 is 2. The number of carboxylic acids is 1. The zero-order valence-corrected chi connectivity index (χ0v) is 18.3. The SMILES string of the molecule is COc1c(C(=O)O)cc(C23CC4CC(CC(C4)C2)C3)c(OC)c1Cc1cc(=O)c(O)co1. The van der Waals surface area contributed by atoms with Gasteiger partial charge in [0.15, 0.2) is 5.75 Å². The van der Waals surface area contributed by atoms with E-state index in [1.165, 1.54) is 32.4 Å². The summed E-state index contributed by atoms with van der Waals surface area (Å²) >= 11 is 0. The highest BCUT2D eigenvalue weighted by Gasteiger charge is 2.53. The van der Waals surface area contributed by atoms with E-state index in [2.05, 4.69) is 0 Å². The summed E-state index contributed by atoms with van der Waals surface area (Å²) in [5.74, 6) is 1.62. The molecule has 0 unspecified atom stereocenters. The van der Waals surface area contributed by atoms with E-state index in [1.807, 2.05) is 0 Å². The molecule has 2 N–H and O–H groups in total. The molecule has 7 heteroatoms. The van der Waals surface area contributed by atoms with Crippen LogP contribution in [0, 0.1) is 17.8 Å². The van der Waals surface area contributed by atoms with E-state index in [1.54, 1.807) is 13.2 Å². The summed E-state index contributed by atoms with van der Waals surface area (Å²) in [6, 6.07) is 2.97. The molecule has 4 fully saturated rings. The second kappa shape index (κ2) is 7.57. The van der Waals surface area contributed by atoms with Crippen LogP contribution in [0.1, 0.15) is 65.8 Å². The Hall–Kier alpha value is -2.96. The van der Waals surface area contributed by atoms with E-state index in [9.17, 15) is 19.8 Å². The second-order valence-electron chi connectivity index (χ2n) is 9.79. The third-order valence-corrected chi connectivity index (χ3v) is 7.79. The number of hydrogen-bond acceptors (Lipinski definition) is 6. The highest BCUT2D eigenvalue weighted by atomic mass is 16.5. The molecule has 4 aliphatic carbocycles. The van der Waals surface area contributed by atoms with Gasteiger partial charge < -0.3 is 24.1 Å². The highest BCUT2D eigenvalue weighted by Crippen LogP contribution is 2.62. The van der Waals surface area contributed by atoms with Crippen molar-refractivity contribution in [3.8, 4) is 17.2 Å². The fraction of sp³-hybridized carbons (Fsp3) is 0.520. The molecule has 0 aliphatic heterocycles. The molecule has 0 spiro atoms.